The minimum absolute atomic E-state index is 0.0100. The number of esters is 2. The van der Waals surface area contributed by atoms with Gasteiger partial charge >= 0.3 is 19.8 Å². The summed E-state index contributed by atoms with van der Waals surface area (Å²) in [6.07, 6.45) is 42.3. The Morgan fingerprint density at radius 2 is 1.13 bits per heavy atom. The summed E-state index contributed by atoms with van der Waals surface area (Å²) < 4.78 is 34.0. The lowest BCUT2D eigenvalue weighted by atomic mass is 10.1. The van der Waals surface area contributed by atoms with Crippen LogP contribution in [0.5, 0.6) is 0 Å². The van der Waals surface area contributed by atoms with Crippen molar-refractivity contribution < 1.29 is 42.1 Å². The van der Waals surface area contributed by atoms with Crippen molar-refractivity contribution in [2.24, 2.45) is 0 Å². The number of phosphoric acid groups is 1. The molecule has 1 N–H and O–H groups in total. The van der Waals surface area contributed by atoms with Gasteiger partial charge in [-0.3, -0.25) is 13.8 Å². The molecule has 0 rings (SSSR count). The van der Waals surface area contributed by atoms with E-state index in [9.17, 15) is 19.0 Å². The lowest BCUT2D eigenvalue weighted by Crippen LogP contribution is -2.37. The monoisotopic (exact) mass is 783 g/mol. The molecule has 2 atom stereocenters. The third kappa shape index (κ3) is 39.7. The number of quaternary nitrogens is 1. The molecule has 0 heterocycles. The average molecular weight is 783 g/mol. The van der Waals surface area contributed by atoms with E-state index in [1.807, 2.05) is 33.3 Å². The van der Waals surface area contributed by atoms with Gasteiger partial charge in [-0.1, -0.05) is 153 Å². The summed E-state index contributed by atoms with van der Waals surface area (Å²) in [6, 6.07) is 0. The molecule has 9 nitrogen and oxygen atoms in total. The molecule has 0 aromatic carbocycles. The number of carbonyl (C=O) groups is 2. The van der Waals surface area contributed by atoms with Gasteiger partial charge in [-0.2, -0.15) is 0 Å². The average Bonchev–Trinajstić information content (AvgIpc) is 3.12. The zero-order valence-corrected chi connectivity index (χ0v) is 36.1. The number of likely N-dealkylation sites (N-methyl/N-ethyl adjacent to an activating group) is 1. The summed E-state index contributed by atoms with van der Waals surface area (Å²) in [4.78, 5) is 35.2. The van der Waals surface area contributed by atoms with Crippen molar-refractivity contribution in [1.82, 2.24) is 0 Å². The maximum Gasteiger partial charge on any atom is 0.472 e. The Labute approximate surface area is 331 Å². The van der Waals surface area contributed by atoms with Gasteiger partial charge in [0.25, 0.3) is 0 Å². The van der Waals surface area contributed by atoms with Crippen LogP contribution < -0.4 is 0 Å². The molecule has 0 aliphatic carbocycles. The SMILES string of the molecule is CCCCCCCC/C=C/C/C=C/CCCCC(=O)OC[C@H](COP(=O)(O)OCC[N+](C)(C)C)OC(=O)/C=C/C=C/CCCCCCCCCCCCC. The molecule has 0 aliphatic rings. The van der Waals surface area contributed by atoms with Crippen molar-refractivity contribution in [3.05, 3.63) is 48.6 Å². The van der Waals surface area contributed by atoms with Gasteiger partial charge in [-0.25, -0.2) is 9.36 Å². The molecule has 314 valence electrons. The van der Waals surface area contributed by atoms with Gasteiger partial charge in [-0.05, 0) is 51.4 Å². The lowest BCUT2D eigenvalue weighted by Gasteiger charge is -2.24. The maximum atomic E-state index is 12.6. The number of hydrogen-bond acceptors (Lipinski definition) is 7. The normalized spacial score (nSPS) is 14.1. The molecule has 0 aliphatic heterocycles. The van der Waals surface area contributed by atoms with Gasteiger partial charge in [0.2, 0.25) is 0 Å². The van der Waals surface area contributed by atoms with Gasteiger partial charge in [-0.15, -0.1) is 0 Å². The molecule has 0 saturated heterocycles. The van der Waals surface area contributed by atoms with Crippen molar-refractivity contribution in [3.63, 3.8) is 0 Å². The Bertz CT molecular complexity index is 1070. The van der Waals surface area contributed by atoms with Crippen LogP contribution in [-0.4, -0.2) is 74.9 Å². The summed E-state index contributed by atoms with van der Waals surface area (Å²) >= 11 is 0. The zero-order chi connectivity index (χ0) is 40.0. The topological polar surface area (TPSA) is 108 Å². The number of hydrogen-bond donors (Lipinski definition) is 1. The number of unbranched alkanes of at least 4 members (excludes halogenated alkanes) is 19. The largest absolute Gasteiger partial charge is 0.472 e. The van der Waals surface area contributed by atoms with Gasteiger partial charge in [0.15, 0.2) is 6.10 Å². The summed E-state index contributed by atoms with van der Waals surface area (Å²) in [7, 11) is 1.40. The van der Waals surface area contributed by atoms with Gasteiger partial charge in [0.1, 0.15) is 19.8 Å². The fourth-order valence-corrected chi connectivity index (χ4v) is 6.28. The van der Waals surface area contributed by atoms with Gasteiger partial charge < -0.3 is 18.9 Å². The van der Waals surface area contributed by atoms with Crippen LogP contribution >= 0.6 is 7.82 Å². The first kappa shape index (κ1) is 52.0. The van der Waals surface area contributed by atoms with E-state index in [2.05, 4.69) is 38.2 Å². The second-order valence-corrected chi connectivity index (χ2v) is 16.9. The molecule has 0 radical (unpaired) electrons. The van der Waals surface area contributed by atoms with Crippen LogP contribution in [0.2, 0.25) is 0 Å². The van der Waals surface area contributed by atoms with Crippen molar-refractivity contribution >= 4 is 19.8 Å². The first-order valence-electron chi connectivity index (χ1n) is 21.4. The van der Waals surface area contributed by atoms with Crippen LogP contribution in [0.15, 0.2) is 48.6 Å². The number of ether oxygens (including phenoxy) is 2. The van der Waals surface area contributed by atoms with E-state index in [-0.39, 0.29) is 19.6 Å². The molecule has 10 heteroatoms. The number of phosphoric ester groups is 1. The fourth-order valence-electron chi connectivity index (χ4n) is 5.54. The summed E-state index contributed by atoms with van der Waals surface area (Å²) in [5, 5.41) is 0. The highest BCUT2D eigenvalue weighted by atomic mass is 31.2. The van der Waals surface area contributed by atoms with Crippen molar-refractivity contribution in [1.29, 1.82) is 0 Å². The van der Waals surface area contributed by atoms with Crippen LogP contribution in [-0.2, 0) is 32.7 Å². The molecule has 0 saturated carbocycles. The van der Waals surface area contributed by atoms with E-state index >= 15 is 0 Å². The molecule has 54 heavy (non-hydrogen) atoms. The van der Waals surface area contributed by atoms with Crippen LogP contribution in [0.1, 0.15) is 168 Å². The highest BCUT2D eigenvalue weighted by molar-refractivity contribution is 7.47. The Hall–Kier alpha value is -2.03. The van der Waals surface area contributed by atoms with Crippen molar-refractivity contribution in [2.75, 3.05) is 47.5 Å². The molecule has 0 spiro atoms. The Balaban J connectivity index is 4.54. The standard InChI is InChI=1S/C44H80NO8P/c1-6-8-10-12-14-16-18-20-22-24-26-28-30-32-34-36-43(46)50-40-42(41-52-54(48,49)51-39-38-45(3,4)5)53-44(47)37-35-33-31-29-27-25-23-21-19-17-15-13-11-9-7-2/h20,22,26,28,31,33,35,37,42H,6-19,21,23-25,27,29-30,32,34,36,38-41H2,1-5H3/p+1/b22-20+,28-26+,33-31+,37-35+/t42-/m1/s1. The predicted octanol–water partition coefficient (Wildman–Crippen LogP) is 11.9. The first-order valence-corrected chi connectivity index (χ1v) is 22.9. The van der Waals surface area contributed by atoms with Crippen LogP contribution in [0.3, 0.4) is 0 Å². The second kappa shape index (κ2) is 36.6. The number of allylic oxidation sites excluding steroid dienone is 7. The molecule has 1 unspecified atom stereocenters. The fraction of sp³-hybridized carbons (Fsp3) is 0.773. The van der Waals surface area contributed by atoms with Crippen molar-refractivity contribution in [2.45, 2.75) is 174 Å². The molecule has 0 amide bonds. The van der Waals surface area contributed by atoms with Crippen molar-refractivity contribution in [3.8, 4) is 0 Å². The van der Waals surface area contributed by atoms with E-state index in [0.717, 1.165) is 38.5 Å². The van der Waals surface area contributed by atoms with E-state index in [0.29, 0.717) is 17.4 Å². The predicted molar refractivity (Wildman–Crippen MR) is 224 cm³/mol. The minimum Gasteiger partial charge on any atom is -0.462 e. The Morgan fingerprint density at radius 3 is 1.67 bits per heavy atom. The number of nitrogens with zero attached hydrogens (tertiary/aromatic N) is 1. The third-order valence-corrected chi connectivity index (χ3v) is 9.92. The molecule has 0 aromatic heterocycles. The third-order valence-electron chi connectivity index (χ3n) is 8.94. The van der Waals surface area contributed by atoms with Crippen LogP contribution in [0, 0.1) is 0 Å². The maximum absolute atomic E-state index is 12.6. The number of rotatable bonds is 38. The smallest absolute Gasteiger partial charge is 0.462 e. The van der Waals surface area contributed by atoms with Crippen LogP contribution in [0.25, 0.3) is 0 Å². The Morgan fingerprint density at radius 1 is 0.630 bits per heavy atom. The molecule has 0 fully saturated rings. The van der Waals surface area contributed by atoms with E-state index in [1.54, 1.807) is 6.08 Å². The summed E-state index contributed by atoms with van der Waals surface area (Å²) in [5.74, 6) is -1.09. The van der Waals surface area contributed by atoms with Gasteiger partial charge in [0.05, 0.1) is 27.7 Å². The highest BCUT2D eigenvalue weighted by Gasteiger charge is 2.26. The molecule has 0 aromatic rings. The first-order chi connectivity index (χ1) is 26.0. The zero-order valence-electron chi connectivity index (χ0n) is 35.2. The highest BCUT2D eigenvalue weighted by Crippen LogP contribution is 2.43. The second-order valence-electron chi connectivity index (χ2n) is 15.4. The summed E-state index contributed by atoms with van der Waals surface area (Å²) in [6.45, 7) is 4.24. The van der Waals surface area contributed by atoms with E-state index < -0.39 is 32.5 Å². The van der Waals surface area contributed by atoms with Crippen LogP contribution in [0.4, 0.5) is 0 Å². The minimum atomic E-state index is -4.40. The van der Waals surface area contributed by atoms with E-state index in [1.165, 1.54) is 109 Å². The quantitative estimate of drug-likeness (QED) is 0.0125. The Kier molecular flexibility index (Phi) is 35.2. The molecular formula is C44H81NO8P+. The van der Waals surface area contributed by atoms with E-state index in [4.69, 9.17) is 18.5 Å². The van der Waals surface area contributed by atoms with Gasteiger partial charge in [0, 0.05) is 12.5 Å². The molecule has 0 bridgehead atoms. The molecular weight excluding hydrogens is 701 g/mol. The lowest BCUT2D eigenvalue weighted by molar-refractivity contribution is -0.870. The summed E-state index contributed by atoms with van der Waals surface area (Å²) in [5.41, 5.74) is 0. The number of carbonyl (C=O) groups excluding carboxylic acids is 2.